The van der Waals surface area contributed by atoms with Crippen LogP contribution in [-0.2, 0) is 11.3 Å². The highest BCUT2D eigenvalue weighted by Crippen LogP contribution is 2.29. The summed E-state index contributed by atoms with van der Waals surface area (Å²) in [5, 5.41) is 7.52. The fraction of sp³-hybridized carbons (Fsp3) is 0.438. The van der Waals surface area contributed by atoms with Crippen molar-refractivity contribution in [3.05, 3.63) is 66.2 Å². The molecule has 1 aromatic carbocycles. The molecule has 10 nitrogen and oxygen atoms in total. The van der Waals surface area contributed by atoms with Crippen LogP contribution >= 0.6 is 0 Å². The molecular formula is C32H44N8O2. The van der Waals surface area contributed by atoms with Gasteiger partial charge in [-0.15, -0.1) is 0 Å². The van der Waals surface area contributed by atoms with Gasteiger partial charge in [0.05, 0.1) is 18.6 Å². The van der Waals surface area contributed by atoms with Gasteiger partial charge in [-0.3, -0.25) is 14.7 Å². The number of aldehydes is 1. The largest absolute Gasteiger partial charge is 0.388 e. The lowest BCUT2D eigenvalue weighted by atomic mass is 10.1. The number of nitrogens with one attached hydrogen (secondary N) is 3. The lowest BCUT2D eigenvalue weighted by molar-refractivity contribution is 0.111. The molecule has 0 amide bonds. The molecule has 10 heteroatoms. The zero-order chi connectivity index (χ0) is 29.7. The van der Waals surface area contributed by atoms with E-state index in [0.717, 1.165) is 86.0 Å². The highest BCUT2D eigenvalue weighted by atomic mass is 16.5. The number of likely N-dealkylation sites (N-methyl/N-ethyl adjacent to an activating group) is 1. The Balaban J connectivity index is 0.000000190. The van der Waals surface area contributed by atoms with Gasteiger partial charge in [0.2, 0.25) is 0 Å². The first kappa shape index (κ1) is 31.1. The summed E-state index contributed by atoms with van der Waals surface area (Å²) in [5.74, 6) is 0.979. The van der Waals surface area contributed by atoms with Gasteiger partial charge in [0.1, 0.15) is 23.5 Å². The van der Waals surface area contributed by atoms with E-state index in [2.05, 4.69) is 70.7 Å². The molecular weight excluding hydrogens is 528 g/mol. The number of benzene rings is 1. The molecule has 6 rings (SSSR count). The first-order valence-corrected chi connectivity index (χ1v) is 14.9. The third kappa shape index (κ3) is 8.12. The molecule has 3 N–H and O–H groups in total. The Labute approximate surface area is 248 Å². The van der Waals surface area contributed by atoms with Crippen molar-refractivity contribution >= 4 is 28.8 Å². The van der Waals surface area contributed by atoms with Gasteiger partial charge in [0.15, 0.2) is 6.29 Å². The number of likely N-dealkylation sites (tertiary alicyclic amines) is 1. The Bertz CT molecular complexity index is 1390. The lowest BCUT2D eigenvalue weighted by Crippen LogP contribution is -2.43. The van der Waals surface area contributed by atoms with Crippen molar-refractivity contribution in [3.8, 4) is 11.3 Å². The van der Waals surface area contributed by atoms with Gasteiger partial charge >= 0.3 is 0 Å². The van der Waals surface area contributed by atoms with Gasteiger partial charge in [-0.2, -0.15) is 0 Å². The number of carbonyl (C=O) groups is 1. The van der Waals surface area contributed by atoms with Crippen LogP contribution in [0.4, 0.5) is 11.5 Å². The second-order valence-corrected chi connectivity index (χ2v) is 10.1. The number of fused-ring (bicyclic) bond motifs is 1. The number of rotatable bonds is 7. The molecule has 0 radical (unpaired) electrons. The molecule has 0 saturated carbocycles. The highest BCUT2D eigenvalue weighted by molar-refractivity contribution is 5.92. The van der Waals surface area contributed by atoms with E-state index in [0.29, 0.717) is 11.7 Å². The van der Waals surface area contributed by atoms with Crippen LogP contribution in [-0.4, -0.2) is 90.7 Å². The minimum atomic E-state index is 0.518. The summed E-state index contributed by atoms with van der Waals surface area (Å²) in [6.07, 6.45) is 6.62. The predicted octanol–water partition coefficient (Wildman–Crippen LogP) is 4.61. The Morgan fingerprint density at radius 1 is 1.02 bits per heavy atom. The van der Waals surface area contributed by atoms with Crippen LogP contribution in [0.25, 0.3) is 22.3 Å². The van der Waals surface area contributed by atoms with E-state index in [-0.39, 0.29) is 0 Å². The van der Waals surface area contributed by atoms with Crippen molar-refractivity contribution in [1.82, 2.24) is 30.2 Å². The minimum Gasteiger partial charge on any atom is -0.388 e. The number of carbonyl (C=O) groups excluding carboxylic acids is 1. The topological polar surface area (TPSA) is 111 Å². The molecule has 0 bridgehead atoms. The number of H-pyrrole nitrogens is 1. The van der Waals surface area contributed by atoms with E-state index >= 15 is 0 Å². The smallest absolute Gasteiger partial charge is 0.168 e. The molecule has 1 unspecified atom stereocenters. The summed E-state index contributed by atoms with van der Waals surface area (Å²) < 4.78 is 5.43. The number of aromatic nitrogens is 4. The van der Waals surface area contributed by atoms with Crippen LogP contribution in [0.2, 0.25) is 0 Å². The van der Waals surface area contributed by atoms with Crippen molar-refractivity contribution in [2.24, 2.45) is 0 Å². The average Bonchev–Trinajstić information content (AvgIpc) is 3.51. The number of morpholine rings is 1. The van der Waals surface area contributed by atoms with Crippen molar-refractivity contribution in [2.75, 3.05) is 63.7 Å². The quantitative estimate of drug-likeness (QED) is 0.274. The van der Waals surface area contributed by atoms with E-state index in [1.54, 1.807) is 12.5 Å². The molecule has 2 aliphatic heterocycles. The molecule has 2 aliphatic rings. The summed E-state index contributed by atoms with van der Waals surface area (Å²) in [6, 6.07) is 14.9. The first-order chi connectivity index (χ1) is 20.7. The highest BCUT2D eigenvalue weighted by Gasteiger charge is 2.19. The summed E-state index contributed by atoms with van der Waals surface area (Å²) in [6.45, 7) is 10.3. The SMILES string of the molecule is CC.CNC1CCCN(Cc2ccnc(C=O)c2)C1.CNc1ccc(-c2cc3c(N4CCOCC4)ncnc3[nH]2)cc1. The number of anilines is 2. The number of nitrogens with zero attached hydrogens (tertiary/aromatic N) is 5. The van der Waals surface area contributed by atoms with Gasteiger partial charge in [-0.1, -0.05) is 26.0 Å². The molecule has 42 heavy (non-hydrogen) atoms. The van der Waals surface area contributed by atoms with Crippen LogP contribution in [0.5, 0.6) is 0 Å². The van der Waals surface area contributed by atoms with Crippen molar-refractivity contribution < 1.29 is 9.53 Å². The predicted molar refractivity (Wildman–Crippen MR) is 170 cm³/mol. The monoisotopic (exact) mass is 572 g/mol. The Kier molecular flexibility index (Phi) is 11.8. The third-order valence-corrected chi connectivity index (χ3v) is 7.49. The molecule has 0 spiro atoms. The molecule has 224 valence electrons. The van der Waals surface area contributed by atoms with Crippen LogP contribution in [0, 0.1) is 0 Å². The molecule has 2 fully saturated rings. The normalized spacial score (nSPS) is 17.0. The minimum absolute atomic E-state index is 0.518. The fourth-order valence-corrected chi connectivity index (χ4v) is 5.28. The zero-order valence-corrected chi connectivity index (χ0v) is 25.3. The maximum Gasteiger partial charge on any atom is 0.168 e. The van der Waals surface area contributed by atoms with Crippen LogP contribution in [0.15, 0.2) is 55.0 Å². The van der Waals surface area contributed by atoms with E-state index in [9.17, 15) is 4.79 Å². The maximum absolute atomic E-state index is 10.7. The van der Waals surface area contributed by atoms with Crippen LogP contribution in [0.3, 0.4) is 0 Å². The standard InChI is InChI=1S/C17H19N5O.C13H19N3O.C2H6/c1-18-13-4-2-12(3-5-13)15-10-14-16(21-15)19-11-20-17(14)22-6-8-23-9-7-22;1-14-12-3-2-6-16(9-12)8-11-4-5-15-13(7-11)10-17;1-2/h2-5,10-11,18H,6-9H2,1H3,(H,19,20,21);4-5,7,10,12,14H,2-3,6,8-9H2,1H3;1-2H3. The third-order valence-electron chi connectivity index (χ3n) is 7.49. The number of hydrogen-bond donors (Lipinski definition) is 3. The summed E-state index contributed by atoms with van der Waals surface area (Å²) in [5.41, 5.74) is 5.84. The van der Waals surface area contributed by atoms with Gasteiger partial charge in [0.25, 0.3) is 0 Å². The van der Waals surface area contributed by atoms with E-state index in [1.807, 2.05) is 40.1 Å². The van der Waals surface area contributed by atoms with Crippen LogP contribution < -0.4 is 15.5 Å². The number of hydrogen-bond acceptors (Lipinski definition) is 9. The van der Waals surface area contributed by atoms with Gasteiger partial charge in [-0.25, -0.2) is 9.97 Å². The van der Waals surface area contributed by atoms with E-state index < -0.39 is 0 Å². The summed E-state index contributed by atoms with van der Waals surface area (Å²) >= 11 is 0. The average molecular weight is 573 g/mol. The van der Waals surface area contributed by atoms with Gasteiger partial charge in [-0.05, 0) is 67.9 Å². The van der Waals surface area contributed by atoms with Gasteiger partial charge < -0.3 is 25.3 Å². The second kappa shape index (κ2) is 16.0. The Hall–Kier alpha value is -3.86. The summed E-state index contributed by atoms with van der Waals surface area (Å²) in [4.78, 5) is 31.6. The van der Waals surface area contributed by atoms with Crippen molar-refractivity contribution in [1.29, 1.82) is 0 Å². The maximum atomic E-state index is 10.7. The Morgan fingerprint density at radius 3 is 2.52 bits per heavy atom. The Morgan fingerprint density at radius 2 is 1.81 bits per heavy atom. The molecule has 0 aliphatic carbocycles. The fourth-order valence-electron chi connectivity index (χ4n) is 5.28. The molecule has 3 aromatic heterocycles. The van der Waals surface area contributed by atoms with Crippen LogP contribution in [0.1, 0.15) is 42.7 Å². The molecule has 4 aromatic rings. The zero-order valence-electron chi connectivity index (χ0n) is 25.3. The number of pyridine rings is 1. The van der Waals surface area contributed by atoms with Crippen molar-refractivity contribution in [2.45, 2.75) is 39.3 Å². The second-order valence-electron chi connectivity index (χ2n) is 10.1. The number of piperidine rings is 1. The lowest BCUT2D eigenvalue weighted by Gasteiger charge is -2.32. The molecule has 1 atom stereocenters. The van der Waals surface area contributed by atoms with E-state index in [4.69, 9.17) is 4.74 Å². The number of ether oxygens (including phenoxy) is 1. The van der Waals surface area contributed by atoms with Gasteiger partial charge in [0, 0.05) is 56.8 Å². The van der Waals surface area contributed by atoms with Crippen molar-refractivity contribution in [3.63, 3.8) is 0 Å². The van der Waals surface area contributed by atoms with E-state index in [1.165, 1.54) is 18.4 Å². The molecule has 2 saturated heterocycles. The number of aromatic amines is 1. The molecule has 5 heterocycles. The first-order valence-electron chi connectivity index (χ1n) is 14.9. The summed E-state index contributed by atoms with van der Waals surface area (Å²) in [7, 11) is 3.94.